The van der Waals surface area contributed by atoms with E-state index in [1.165, 1.54) is 11.8 Å². The number of hydrogen-bond acceptors (Lipinski definition) is 8. The first-order chi connectivity index (χ1) is 14.1. The van der Waals surface area contributed by atoms with Crippen molar-refractivity contribution < 1.29 is 33.1 Å². The van der Waals surface area contributed by atoms with Gasteiger partial charge in [-0.25, -0.2) is 4.57 Å². The molecule has 174 valence electrons. The van der Waals surface area contributed by atoms with Crippen molar-refractivity contribution in [1.29, 1.82) is 0 Å². The maximum atomic E-state index is 13.1. The van der Waals surface area contributed by atoms with Crippen molar-refractivity contribution in [3.63, 3.8) is 0 Å². The van der Waals surface area contributed by atoms with Gasteiger partial charge in [0.25, 0.3) is 0 Å². The number of fused-ring (bicyclic) bond motifs is 1. The number of aliphatic hydroxyl groups excluding tert-OH is 1. The number of carbonyl (C=O) groups is 1. The lowest BCUT2D eigenvalue weighted by Gasteiger charge is -2.43. The molecule has 0 aliphatic carbocycles. The summed E-state index contributed by atoms with van der Waals surface area (Å²) in [5, 5.41) is 13.3. The van der Waals surface area contributed by atoms with E-state index in [-0.39, 0.29) is 11.9 Å². The van der Waals surface area contributed by atoms with Crippen LogP contribution >= 0.6 is 31.2 Å². The highest BCUT2D eigenvalue weighted by atomic mass is 35.5. The van der Waals surface area contributed by atoms with Gasteiger partial charge in [0.15, 0.2) is 0 Å². The number of hydrogen-bond donors (Lipinski definition) is 3. The summed E-state index contributed by atoms with van der Waals surface area (Å²) < 4.78 is 28.1. The molecule has 3 heterocycles. The lowest BCUT2D eigenvalue weighted by atomic mass is 9.92. The number of thioether (sulfide) groups is 1. The maximum Gasteiger partial charge on any atom is 0.473 e. The molecule has 3 rings (SSSR count). The molecule has 3 saturated heterocycles. The molecule has 12 heteroatoms. The fraction of sp³-hybridized carbons (Fsp3) is 0.944. The van der Waals surface area contributed by atoms with E-state index in [0.717, 1.165) is 25.8 Å². The van der Waals surface area contributed by atoms with Gasteiger partial charge in [0, 0.05) is 6.54 Å². The molecule has 1 amide bonds. The van der Waals surface area contributed by atoms with Crippen molar-refractivity contribution in [2.45, 2.75) is 80.4 Å². The van der Waals surface area contributed by atoms with Gasteiger partial charge in [-0.1, -0.05) is 13.3 Å². The number of aliphatic hydroxyl groups is 1. The number of phosphoric acid groups is 1. The van der Waals surface area contributed by atoms with Gasteiger partial charge in [-0.3, -0.25) is 18.7 Å². The van der Waals surface area contributed by atoms with E-state index in [1.807, 2.05) is 11.9 Å². The molecule has 0 bridgehead atoms. The average Bonchev–Trinajstić information content (AvgIpc) is 3.19. The number of rotatable bonds is 7. The molecule has 0 aromatic carbocycles. The summed E-state index contributed by atoms with van der Waals surface area (Å²) in [5.41, 5.74) is -0.649. The Kier molecular flexibility index (Phi) is 8.19. The molecule has 10 atom stereocenters. The number of nitrogens with zero attached hydrogens (tertiary/aromatic N) is 1. The van der Waals surface area contributed by atoms with Crippen LogP contribution in [0.2, 0.25) is 0 Å². The summed E-state index contributed by atoms with van der Waals surface area (Å²) in [5.74, 6) is 0.312. The van der Waals surface area contributed by atoms with E-state index in [2.05, 4.69) is 12.2 Å². The highest BCUT2D eigenvalue weighted by Gasteiger charge is 2.58. The number of carbonyl (C=O) groups excluding carboxylic acids is 1. The number of likely N-dealkylation sites (N-methyl/N-ethyl adjacent to an activating group) is 1. The van der Waals surface area contributed by atoms with E-state index >= 15 is 0 Å². The number of amides is 1. The van der Waals surface area contributed by atoms with E-state index in [0.29, 0.717) is 5.92 Å². The Bertz CT molecular complexity index is 674. The molecule has 3 aliphatic rings. The van der Waals surface area contributed by atoms with Crippen LogP contribution in [0, 0.1) is 5.92 Å². The van der Waals surface area contributed by atoms with Gasteiger partial charge in [-0.05, 0) is 39.0 Å². The third-order valence-electron chi connectivity index (χ3n) is 6.09. The van der Waals surface area contributed by atoms with E-state index in [9.17, 15) is 19.4 Å². The molecule has 9 nitrogen and oxygen atoms in total. The van der Waals surface area contributed by atoms with E-state index in [4.69, 9.17) is 25.4 Å². The minimum absolute atomic E-state index is 0.163. The Labute approximate surface area is 186 Å². The molecular formula is C18H32ClN2O7PS. The third kappa shape index (κ3) is 5.18. The third-order valence-corrected chi connectivity index (χ3v) is 8.23. The van der Waals surface area contributed by atoms with Gasteiger partial charge in [-0.2, -0.15) is 0 Å². The van der Waals surface area contributed by atoms with Crippen LogP contribution in [0.4, 0.5) is 0 Å². The van der Waals surface area contributed by atoms with Crippen LogP contribution in [0.1, 0.15) is 33.1 Å². The SMILES string of the molecule is CCC[C@@H]1C[C@@H](C(=O)N[C@@H]([C@H]2O[C@H](SC)[C@@H]3OP(=O)(O)O[C@@H]3[C@H]2O)[C@H](C)Cl)N(C)C1. The van der Waals surface area contributed by atoms with Crippen LogP contribution < -0.4 is 5.32 Å². The number of alkyl halides is 1. The summed E-state index contributed by atoms with van der Waals surface area (Å²) in [6, 6.07) is -0.987. The van der Waals surface area contributed by atoms with Crippen molar-refractivity contribution in [2.75, 3.05) is 19.8 Å². The first-order valence-electron chi connectivity index (χ1n) is 10.3. The molecule has 0 spiro atoms. The van der Waals surface area contributed by atoms with Gasteiger partial charge in [0.1, 0.15) is 29.9 Å². The summed E-state index contributed by atoms with van der Waals surface area (Å²) in [4.78, 5) is 24.8. The molecule has 0 saturated carbocycles. The molecule has 30 heavy (non-hydrogen) atoms. The second kappa shape index (κ2) is 9.93. The standard InChI is InChI=1S/C18H32ClN2O7PS/c1-5-6-10-7-11(21(3)8-10)17(23)20-12(9(2)19)14-13(22)15-16(18(26-14)30-4)28-29(24,25)27-15/h9-16,18,22H,5-8H2,1-4H3,(H,20,23)(H,24,25)/t9-,10+,11-,12+,13-,14+,15+,16+,18+/m0/s1. The summed E-state index contributed by atoms with van der Waals surface area (Å²) in [6.45, 7) is 4.71. The predicted octanol–water partition coefficient (Wildman–Crippen LogP) is 1.55. The molecular weight excluding hydrogens is 455 g/mol. The van der Waals surface area contributed by atoms with Crippen LogP contribution in [0.15, 0.2) is 0 Å². The molecule has 1 unspecified atom stereocenters. The summed E-state index contributed by atoms with van der Waals surface area (Å²) in [7, 11) is -2.33. The highest BCUT2D eigenvalue weighted by molar-refractivity contribution is 7.99. The molecule has 0 radical (unpaired) electrons. The Hall–Kier alpha value is 0.1000. The Balaban J connectivity index is 1.74. The largest absolute Gasteiger partial charge is 0.473 e. The Morgan fingerprint density at radius 1 is 1.40 bits per heavy atom. The topological polar surface area (TPSA) is 118 Å². The van der Waals surface area contributed by atoms with Crippen molar-refractivity contribution >= 4 is 37.1 Å². The minimum Gasteiger partial charge on any atom is -0.387 e. The van der Waals surface area contributed by atoms with E-state index in [1.54, 1.807) is 13.2 Å². The zero-order valence-corrected chi connectivity index (χ0v) is 20.1. The fourth-order valence-corrected chi connectivity index (χ4v) is 6.80. The molecule has 0 aromatic heterocycles. The number of halogens is 1. The van der Waals surface area contributed by atoms with Gasteiger partial charge in [-0.15, -0.1) is 23.4 Å². The van der Waals surface area contributed by atoms with Crippen molar-refractivity contribution in [3.8, 4) is 0 Å². The van der Waals surface area contributed by atoms with Gasteiger partial charge >= 0.3 is 7.82 Å². The second-order valence-corrected chi connectivity index (χ2v) is 11.3. The highest BCUT2D eigenvalue weighted by Crippen LogP contribution is 2.57. The van der Waals surface area contributed by atoms with Crippen LogP contribution in [0.5, 0.6) is 0 Å². The number of nitrogens with one attached hydrogen (secondary N) is 1. The molecule has 3 N–H and O–H groups in total. The lowest BCUT2D eigenvalue weighted by Crippen LogP contribution is -2.64. The normalized spacial score (nSPS) is 43.9. The maximum absolute atomic E-state index is 13.1. The summed E-state index contributed by atoms with van der Waals surface area (Å²) in [6.07, 6.45) is 0.545. The zero-order valence-electron chi connectivity index (χ0n) is 17.6. The number of likely N-dealkylation sites (tertiary alicyclic amines) is 1. The van der Waals surface area contributed by atoms with Gasteiger partial charge in [0.2, 0.25) is 5.91 Å². The first-order valence-corrected chi connectivity index (χ1v) is 13.5. The predicted molar refractivity (Wildman–Crippen MR) is 114 cm³/mol. The van der Waals surface area contributed by atoms with Crippen LogP contribution in [-0.4, -0.2) is 88.0 Å². The lowest BCUT2D eigenvalue weighted by molar-refractivity contribution is -0.171. The molecule has 0 aromatic rings. The van der Waals surface area contributed by atoms with Crippen molar-refractivity contribution in [2.24, 2.45) is 5.92 Å². The smallest absolute Gasteiger partial charge is 0.387 e. The van der Waals surface area contributed by atoms with E-state index < -0.39 is 49.1 Å². The van der Waals surface area contributed by atoms with Crippen LogP contribution in [0.3, 0.4) is 0 Å². The van der Waals surface area contributed by atoms with Gasteiger partial charge in [0.05, 0.1) is 17.5 Å². The zero-order chi connectivity index (χ0) is 22.2. The number of phosphoric ester groups is 1. The average molecular weight is 487 g/mol. The summed E-state index contributed by atoms with van der Waals surface area (Å²) >= 11 is 7.67. The Morgan fingerprint density at radius 3 is 2.67 bits per heavy atom. The molecule has 3 fully saturated rings. The molecule has 3 aliphatic heterocycles. The van der Waals surface area contributed by atoms with Crippen LogP contribution in [0.25, 0.3) is 0 Å². The van der Waals surface area contributed by atoms with Gasteiger partial charge < -0.3 is 20.1 Å². The second-order valence-electron chi connectivity index (χ2n) is 8.36. The fourth-order valence-electron chi connectivity index (χ4n) is 4.65. The van der Waals surface area contributed by atoms with Crippen molar-refractivity contribution in [1.82, 2.24) is 10.2 Å². The minimum atomic E-state index is -4.26. The van der Waals surface area contributed by atoms with Crippen molar-refractivity contribution in [3.05, 3.63) is 0 Å². The number of ether oxygens (including phenoxy) is 1. The quantitative estimate of drug-likeness (QED) is 0.364. The van der Waals surface area contributed by atoms with Crippen LogP contribution in [-0.2, 0) is 23.1 Å². The monoisotopic (exact) mass is 486 g/mol. The first kappa shape index (κ1) is 24.7. The Morgan fingerprint density at radius 2 is 2.07 bits per heavy atom.